The normalized spacial score (nSPS) is 15.0. The summed E-state index contributed by atoms with van der Waals surface area (Å²) in [5, 5.41) is 2.22. The second kappa shape index (κ2) is 11.9. The van der Waals surface area contributed by atoms with Gasteiger partial charge in [-0.3, -0.25) is 14.9 Å². The summed E-state index contributed by atoms with van der Waals surface area (Å²) in [4.78, 5) is 38.6. The van der Waals surface area contributed by atoms with Gasteiger partial charge in [-0.25, -0.2) is 9.69 Å². The summed E-state index contributed by atoms with van der Waals surface area (Å²) in [7, 11) is 1.54. The molecular weight excluding hydrogens is 420 g/mol. The van der Waals surface area contributed by atoms with Crippen LogP contribution in [0.2, 0.25) is 0 Å². The van der Waals surface area contributed by atoms with E-state index in [4.69, 9.17) is 9.47 Å². The summed E-state index contributed by atoms with van der Waals surface area (Å²) in [6, 6.07) is 12.9. The van der Waals surface area contributed by atoms with E-state index in [1.165, 1.54) is 38.9 Å². The molecule has 4 amide bonds. The zero-order valence-corrected chi connectivity index (χ0v) is 19.1. The van der Waals surface area contributed by atoms with Crippen LogP contribution in [0.25, 0.3) is 6.08 Å². The van der Waals surface area contributed by atoms with Gasteiger partial charge in [-0.1, -0.05) is 63.3 Å². The Balaban J connectivity index is 1.72. The highest BCUT2D eigenvalue weighted by atomic mass is 16.5. The molecule has 1 heterocycles. The summed E-state index contributed by atoms with van der Waals surface area (Å²) < 4.78 is 11.3. The van der Waals surface area contributed by atoms with Gasteiger partial charge in [-0.2, -0.15) is 0 Å². The van der Waals surface area contributed by atoms with Crippen molar-refractivity contribution in [2.45, 2.75) is 45.4 Å². The molecule has 2 aromatic carbocycles. The molecule has 1 saturated heterocycles. The van der Waals surface area contributed by atoms with E-state index >= 15 is 0 Å². The van der Waals surface area contributed by atoms with Gasteiger partial charge in [0.2, 0.25) is 0 Å². The minimum atomic E-state index is -0.774. The lowest BCUT2D eigenvalue weighted by Crippen LogP contribution is -2.54. The molecule has 174 valence electrons. The molecule has 33 heavy (non-hydrogen) atoms. The summed E-state index contributed by atoms with van der Waals surface area (Å²) >= 11 is 0. The number of carbonyl (C=O) groups is 3. The van der Waals surface area contributed by atoms with Crippen LogP contribution in [0.1, 0.15) is 51.0 Å². The van der Waals surface area contributed by atoms with E-state index in [2.05, 4.69) is 12.2 Å². The van der Waals surface area contributed by atoms with Gasteiger partial charge in [0, 0.05) is 0 Å². The Kier molecular flexibility index (Phi) is 8.63. The Morgan fingerprint density at radius 2 is 1.64 bits per heavy atom. The summed E-state index contributed by atoms with van der Waals surface area (Å²) in [6.45, 7) is 2.79. The number of benzene rings is 2. The highest BCUT2D eigenvalue weighted by Crippen LogP contribution is 2.30. The Morgan fingerprint density at radius 1 is 0.909 bits per heavy atom. The third-order valence-corrected chi connectivity index (χ3v) is 5.37. The standard InChI is InChI=1S/C26H30N2O5/c1-3-4-5-6-7-11-16-33-22-15-14-19(18-23(22)32-2)17-21-24(29)27-26(31)28(25(21)30)20-12-9-8-10-13-20/h8-10,12-15,17-18H,3-7,11,16H2,1-2H3,(H,27,29,31)/b21-17-. The number of anilines is 1. The number of rotatable bonds is 11. The van der Waals surface area contributed by atoms with E-state index in [9.17, 15) is 14.4 Å². The second-order valence-electron chi connectivity index (χ2n) is 7.82. The van der Waals surface area contributed by atoms with E-state index < -0.39 is 17.8 Å². The van der Waals surface area contributed by atoms with Crippen molar-refractivity contribution in [3.63, 3.8) is 0 Å². The molecule has 0 saturated carbocycles. The lowest BCUT2D eigenvalue weighted by Gasteiger charge is -2.26. The molecule has 3 rings (SSSR count). The highest BCUT2D eigenvalue weighted by Gasteiger charge is 2.36. The molecule has 1 fully saturated rings. The number of hydrogen-bond acceptors (Lipinski definition) is 5. The van der Waals surface area contributed by atoms with Gasteiger partial charge < -0.3 is 9.47 Å². The lowest BCUT2D eigenvalue weighted by molar-refractivity contribution is -0.122. The number of para-hydroxylation sites is 1. The number of carbonyl (C=O) groups excluding carboxylic acids is 3. The van der Waals surface area contributed by atoms with Crippen LogP contribution in [-0.4, -0.2) is 31.6 Å². The van der Waals surface area contributed by atoms with Crippen molar-refractivity contribution >= 4 is 29.6 Å². The average Bonchev–Trinajstić information content (AvgIpc) is 2.82. The van der Waals surface area contributed by atoms with Gasteiger partial charge in [0.1, 0.15) is 5.57 Å². The minimum Gasteiger partial charge on any atom is -0.493 e. The number of methoxy groups -OCH3 is 1. The maximum absolute atomic E-state index is 13.0. The molecule has 0 radical (unpaired) electrons. The predicted octanol–water partition coefficient (Wildman–Crippen LogP) is 5.10. The Labute approximate surface area is 194 Å². The molecule has 1 N–H and O–H groups in total. The van der Waals surface area contributed by atoms with Gasteiger partial charge in [0.05, 0.1) is 19.4 Å². The van der Waals surface area contributed by atoms with Crippen molar-refractivity contribution < 1.29 is 23.9 Å². The predicted molar refractivity (Wildman–Crippen MR) is 127 cm³/mol. The van der Waals surface area contributed by atoms with Crippen molar-refractivity contribution in [2.24, 2.45) is 0 Å². The Morgan fingerprint density at radius 3 is 2.36 bits per heavy atom. The first-order valence-electron chi connectivity index (χ1n) is 11.3. The van der Waals surface area contributed by atoms with Crippen molar-refractivity contribution in [1.29, 1.82) is 0 Å². The van der Waals surface area contributed by atoms with Crippen molar-refractivity contribution in [3.05, 3.63) is 59.7 Å². The van der Waals surface area contributed by atoms with Crippen molar-refractivity contribution in [2.75, 3.05) is 18.6 Å². The van der Waals surface area contributed by atoms with Crippen LogP contribution < -0.4 is 19.7 Å². The number of hydrogen-bond donors (Lipinski definition) is 1. The van der Waals surface area contributed by atoms with E-state index in [-0.39, 0.29) is 5.57 Å². The zero-order valence-electron chi connectivity index (χ0n) is 19.1. The quantitative estimate of drug-likeness (QED) is 0.292. The highest BCUT2D eigenvalue weighted by molar-refractivity contribution is 6.39. The number of ether oxygens (including phenoxy) is 2. The molecule has 0 aromatic heterocycles. The molecule has 0 aliphatic carbocycles. The summed E-state index contributed by atoms with van der Waals surface area (Å²) in [5.74, 6) is -0.305. The van der Waals surface area contributed by atoms with Crippen LogP contribution in [0.5, 0.6) is 11.5 Å². The molecule has 0 atom stereocenters. The molecule has 0 bridgehead atoms. The molecule has 0 unspecified atom stereocenters. The fourth-order valence-corrected chi connectivity index (χ4v) is 3.59. The van der Waals surface area contributed by atoms with E-state index in [0.717, 1.165) is 17.7 Å². The summed E-state index contributed by atoms with van der Waals surface area (Å²) in [5.41, 5.74) is 0.829. The molecule has 0 spiro atoms. The van der Waals surface area contributed by atoms with Gasteiger partial charge in [0.15, 0.2) is 11.5 Å². The Hall–Kier alpha value is -3.61. The second-order valence-corrected chi connectivity index (χ2v) is 7.82. The average molecular weight is 451 g/mol. The van der Waals surface area contributed by atoms with E-state index in [0.29, 0.717) is 29.4 Å². The maximum atomic E-state index is 13.0. The molecule has 1 aliphatic heterocycles. The lowest BCUT2D eigenvalue weighted by atomic mass is 10.1. The first-order valence-corrected chi connectivity index (χ1v) is 11.3. The number of unbranched alkanes of at least 4 members (excludes halogenated alkanes) is 5. The first-order chi connectivity index (χ1) is 16.0. The van der Waals surface area contributed by atoms with Crippen LogP contribution in [0, 0.1) is 0 Å². The molecule has 2 aromatic rings. The largest absolute Gasteiger partial charge is 0.493 e. The third kappa shape index (κ3) is 6.22. The number of nitrogens with one attached hydrogen (secondary N) is 1. The topological polar surface area (TPSA) is 84.9 Å². The van der Waals surface area contributed by atoms with Crippen molar-refractivity contribution in [1.82, 2.24) is 5.32 Å². The molecular formula is C26H30N2O5. The SMILES string of the molecule is CCCCCCCCOc1ccc(/C=C2/C(=O)NC(=O)N(c3ccccc3)C2=O)cc1OC. The number of barbiturate groups is 1. The fourth-order valence-electron chi connectivity index (χ4n) is 3.59. The van der Waals surface area contributed by atoms with Crippen LogP contribution in [-0.2, 0) is 9.59 Å². The maximum Gasteiger partial charge on any atom is 0.335 e. The van der Waals surface area contributed by atoms with Gasteiger partial charge >= 0.3 is 6.03 Å². The van der Waals surface area contributed by atoms with Crippen LogP contribution in [0.4, 0.5) is 10.5 Å². The number of imide groups is 2. The van der Waals surface area contributed by atoms with Crippen molar-refractivity contribution in [3.8, 4) is 11.5 Å². The van der Waals surface area contributed by atoms with Gasteiger partial charge in [-0.15, -0.1) is 0 Å². The van der Waals surface area contributed by atoms with E-state index in [1.807, 2.05) is 0 Å². The first kappa shape index (κ1) is 24.0. The molecule has 7 nitrogen and oxygen atoms in total. The third-order valence-electron chi connectivity index (χ3n) is 5.37. The van der Waals surface area contributed by atoms with Crippen LogP contribution in [0.15, 0.2) is 54.1 Å². The summed E-state index contributed by atoms with van der Waals surface area (Å²) in [6.07, 6.45) is 8.49. The number of amides is 4. The van der Waals surface area contributed by atoms with Crippen LogP contribution >= 0.6 is 0 Å². The molecule has 1 aliphatic rings. The Bertz CT molecular complexity index is 1020. The van der Waals surface area contributed by atoms with Crippen LogP contribution in [0.3, 0.4) is 0 Å². The van der Waals surface area contributed by atoms with Gasteiger partial charge in [-0.05, 0) is 42.3 Å². The monoisotopic (exact) mass is 450 g/mol. The number of nitrogens with zero attached hydrogens (tertiary/aromatic N) is 1. The van der Waals surface area contributed by atoms with Gasteiger partial charge in [0.25, 0.3) is 11.8 Å². The minimum absolute atomic E-state index is 0.138. The number of urea groups is 1. The zero-order chi connectivity index (χ0) is 23.6. The smallest absolute Gasteiger partial charge is 0.335 e. The fraction of sp³-hybridized carbons (Fsp3) is 0.346. The van der Waals surface area contributed by atoms with E-state index in [1.54, 1.807) is 48.5 Å². The molecule has 7 heteroatoms.